The highest BCUT2D eigenvalue weighted by Gasteiger charge is 2.05. The second-order valence-corrected chi connectivity index (χ2v) is 4.89. The van der Waals surface area contributed by atoms with Gasteiger partial charge in [-0.2, -0.15) is 0 Å². The molecule has 19 heavy (non-hydrogen) atoms. The van der Waals surface area contributed by atoms with Gasteiger partial charge in [-0.1, -0.05) is 6.07 Å². The van der Waals surface area contributed by atoms with E-state index in [1.807, 2.05) is 12.1 Å². The molecule has 0 unspecified atom stereocenters. The van der Waals surface area contributed by atoms with E-state index in [1.165, 1.54) is 12.1 Å². The zero-order chi connectivity index (χ0) is 13.8. The van der Waals surface area contributed by atoms with Crippen LogP contribution in [0.5, 0.6) is 5.75 Å². The lowest BCUT2D eigenvalue weighted by molar-refractivity contribution is 0.302. The predicted molar refractivity (Wildman–Crippen MR) is 72.7 cm³/mol. The Bertz CT molecular complexity index is 569. The molecule has 100 valence electrons. The van der Waals surface area contributed by atoms with Crippen LogP contribution in [0.1, 0.15) is 11.1 Å². The van der Waals surface area contributed by atoms with Crippen LogP contribution in [0.2, 0.25) is 0 Å². The molecule has 0 spiro atoms. The minimum absolute atomic E-state index is 0.0925. The lowest BCUT2D eigenvalue weighted by Gasteiger charge is -2.09. The summed E-state index contributed by atoms with van der Waals surface area (Å²) in [5.74, 6) is -0.630. The fraction of sp³-hybridized carbons (Fsp3) is 0.143. The Labute approximate surface area is 118 Å². The highest BCUT2D eigenvalue weighted by Crippen LogP contribution is 2.26. The average molecular weight is 328 g/mol. The van der Waals surface area contributed by atoms with Crippen LogP contribution >= 0.6 is 15.9 Å². The molecule has 0 saturated carbocycles. The van der Waals surface area contributed by atoms with Crippen LogP contribution < -0.4 is 10.5 Å². The van der Waals surface area contributed by atoms with Crippen LogP contribution in [-0.2, 0) is 13.2 Å². The number of nitrogens with two attached hydrogens (primary N) is 1. The van der Waals surface area contributed by atoms with Crippen molar-refractivity contribution in [1.82, 2.24) is 0 Å². The van der Waals surface area contributed by atoms with E-state index in [0.717, 1.165) is 16.1 Å². The van der Waals surface area contributed by atoms with Crippen molar-refractivity contribution < 1.29 is 13.5 Å². The monoisotopic (exact) mass is 327 g/mol. The average Bonchev–Trinajstić information content (AvgIpc) is 2.36. The Hall–Kier alpha value is -1.46. The molecule has 0 fully saturated rings. The molecule has 0 aliphatic rings. The van der Waals surface area contributed by atoms with Gasteiger partial charge in [-0.15, -0.1) is 0 Å². The van der Waals surface area contributed by atoms with E-state index in [1.54, 1.807) is 6.07 Å². The van der Waals surface area contributed by atoms with Gasteiger partial charge in [-0.05, 0) is 51.3 Å². The van der Waals surface area contributed by atoms with Crippen molar-refractivity contribution in [3.63, 3.8) is 0 Å². The van der Waals surface area contributed by atoms with Gasteiger partial charge in [0, 0.05) is 12.6 Å². The summed E-state index contributed by atoms with van der Waals surface area (Å²) in [6, 6.07) is 8.77. The minimum atomic E-state index is -0.615. The number of ether oxygens (including phenoxy) is 1. The van der Waals surface area contributed by atoms with Gasteiger partial charge in [-0.25, -0.2) is 8.78 Å². The maximum atomic E-state index is 13.0. The third kappa shape index (κ3) is 3.75. The molecule has 2 N–H and O–H groups in total. The van der Waals surface area contributed by atoms with Crippen molar-refractivity contribution in [2.24, 2.45) is 5.73 Å². The third-order valence-corrected chi connectivity index (χ3v) is 3.17. The summed E-state index contributed by atoms with van der Waals surface area (Å²) in [5, 5.41) is 0. The highest BCUT2D eigenvalue weighted by atomic mass is 79.9. The largest absolute Gasteiger partial charge is 0.488 e. The number of hydrogen-bond acceptors (Lipinski definition) is 2. The van der Waals surface area contributed by atoms with Crippen LogP contribution in [-0.4, -0.2) is 0 Å². The second kappa shape index (κ2) is 6.12. The van der Waals surface area contributed by atoms with Crippen LogP contribution in [0.15, 0.2) is 40.9 Å². The molecule has 0 aromatic heterocycles. The molecule has 0 aliphatic heterocycles. The Morgan fingerprint density at radius 2 is 1.68 bits per heavy atom. The van der Waals surface area contributed by atoms with Crippen LogP contribution in [0.4, 0.5) is 8.78 Å². The van der Waals surface area contributed by atoms with E-state index in [9.17, 15) is 8.78 Å². The molecule has 2 rings (SSSR count). The topological polar surface area (TPSA) is 35.2 Å². The Kier molecular flexibility index (Phi) is 4.50. The van der Waals surface area contributed by atoms with Crippen molar-refractivity contribution >= 4 is 15.9 Å². The first kappa shape index (κ1) is 14.0. The lowest BCUT2D eigenvalue weighted by atomic mass is 10.2. The fourth-order valence-corrected chi connectivity index (χ4v) is 2.18. The third-order valence-electron chi connectivity index (χ3n) is 2.55. The summed E-state index contributed by atoms with van der Waals surface area (Å²) in [6.07, 6.45) is 0. The lowest BCUT2D eigenvalue weighted by Crippen LogP contribution is -2.00. The standard InChI is InChI=1S/C14H12BrF2NO/c15-13-5-9(7-18)1-2-14(13)19-8-10-3-11(16)6-12(17)4-10/h1-6H,7-8,18H2. The number of hydrogen-bond donors (Lipinski definition) is 1. The first-order chi connectivity index (χ1) is 9.08. The van der Waals surface area contributed by atoms with Crippen molar-refractivity contribution in [3.05, 3.63) is 63.6 Å². The van der Waals surface area contributed by atoms with Gasteiger partial charge in [0.2, 0.25) is 0 Å². The van der Waals surface area contributed by atoms with Gasteiger partial charge < -0.3 is 10.5 Å². The molecule has 0 aliphatic carbocycles. The molecule has 2 aromatic rings. The smallest absolute Gasteiger partial charge is 0.134 e. The quantitative estimate of drug-likeness (QED) is 0.927. The van der Waals surface area contributed by atoms with Crippen molar-refractivity contribution in [3.8, 4) is 5.75 Å². The minimum Gasteiger partial charge on any atom is -0.488 e. The van der Waals surface area contributed by atoms with Gasteiger partial charge in [0.1, 0.15) is 24.0 Å². The van der Waals surface area contributed by atoms with Crippen molar-refractivity contribution in [1.29, 1.82) is 0 Å². The molecule has 2 aromatic carbocycles. The van der Waals surface area contributed by atoms with Crippen LogP contribution in [0.25, 0.3) is 0 Å². The van der Waals surface area contributed by atoms with E-state index < -0.39 is 11.6 Å². The maximum absolute atomic E-state index is 13.0. The van der Waals surface area contributed by atoms with Crippen molar-refractivity contribution in [2.75, 3.05) is 0 Å². The number of halogens is 3. The van der Waals surface area contributed by atoms with E-state index in [-0.39, 0.29) is 6.61 Å². The first-order valence-electron chi connectivity index (χ1n) is 5.65. The number of benzene rings is 2. The summed E-state index contributed by atoms with van der Waals surface area (Å²) in [5.41, 5.74) is 6.93. The van der Waals surface area contributed by atoms with Gasteiger partial charge in [0.25, 0.3) is 0 Å². The highest BCUT2D eigenvalue weighted by molar-refractivity contribution is 9.10. The fourth-order valence-electron chi connectivity index (χ4n) is 1.64. The van der Waals surface area contributed by atoms with E-state index in [0.29, 0.717) is 17.9 Å². The summed E-state index contributed by atoms with van der Waals surface area (Å²) in [7, 11) is 0. The SMILES string of the molecule is NCc1ccc(OCc2cc(F)cc(F)c2)c(Br)c1. The Morgan fingerprint density at radius 3 is 2.26 bits per heavy atom. The summed E-state index contributed by atoms with van der Waals surface area (Å²) < 4.78 is 32.3. The molecular formula is C14H12BrF2NO. The molecule has 0 radical (unpaired) electrons. The van der Waals surface area contributed by atoms with Gasteiger partial charge >= 0.3 is 0 Å². The Balaban J connectivity index is 2.10. The molecule has 0 atom stereocenters. The zero-order valence-corrected chi connectivity index (χ0v) is 11.6. The molecular weight excluding hydrogens is 316 g/mol. The van der Waals surface area contributed by atoms with E-state index in [2.05, 4.69) is 15.9 Å². The van der Waals surface area contributed by atoms with Gasteiger partial charge in [0.15, 0.2) is 0 Å². The van der Waals surface area contributed by atoms with E-state index >= 15 is 0 Å². The van der Waals surface area contributed by atoms with E-state index in [4.69, 9.17) is 10.5 Å². The maximum Gasteiger partial charge on any atom is 0.134 e. The molecule has 0 heterocycles. The molecule has 0 bridgehead atoms. The van der Waals surface area contributed by atoms with Crippen LogP contribution in [0.3, 0.4) is 0 Å². The predicted octanol–water partition coefficient (Wildman–Crippen LogP) is 3.77. The molecule has 0 saturated heterocycles. The van der Waals surface area contributed by atoms with Crippen LogP contribution in [0, 0.1) is 11.6 Å². The van der Waals surface area contributed by atoms with Gasteiger partial charge in [-0.3, -0.25) is 0 Å². The van der Waals surface area contributed by atoms with Gasteiger partial charge in [0.05, 0.1) is 4.47 Å². The normalized spacial score (nSPS) is 10.5. The summed E-state index contributed by atoms with van der Waals surface area (Å²) in [4.78, 5) is 0. The summed E-state index contributed by atoms with van der Waals surface area (Å²) in [6.45, 7) is 0.531. The molecule has 2 nitrogen and oxygen atoms in total. The second-order valence-electron chi connectivity index (χ2n) is 4.04. The van der Waals surface area contributed by atoms with Crippen molar-refractivity contribution in [2.45, 2.75) is 13.2 Å². The Morgan fingerprint density at radius 1 is 1.00 bits per heavy atom. The number of rotatable bonds is 4. The molecule has 0 amide bonds. The zero-order valence-electron chi connectivity index (χ0n) is 10.00. The molecule has 5 heteroatoms. The first-order valence-corrected chi connectivity index (χ1v) is 6.44. The summed E-state index contributed by atoms with van der Waals surface area (Å²) >= 11 is 3.36.